The molecule has 15 heteroatoms. The van der Waals surface area contributed by atoms with E-state index in [0.717, 1.165) is 28.3 Å². The van der Waals surface area contributed by atoms with E-state index in [4.69, 9.17) is 14.2 Å². The summed E-state index contributed by atoms with van der Waals surface area (Å²) in [7, 11) is 2.96. The number of halogens is 3. The molecule has 2 aliphatic rings. The van der Waals surface area contributed by atoms with Gasteiger partial charge >= 0.3 is 12.5 Å². The highest BCUT2D eigenvalue weighted by atomic mass is 19.4. The van der Waals surface area contributed by atoms with E-state index in [0.29, 0.717) is 60.8 Å². The molecular weight excluding hydrogens is 755 g/mol. The second-order valence-corrected chi connectivity index (χ2v) is 13.8. The standard InChI is InChI=1S/C43H42F3N5O7/c1-55-37-19-18-27(24-38(37)56-2)41(53)50-23-20-34(49-40(52)32-16-8-9-17-36(32)58-43(44,45)46)39-35(50)25-48-51(39)22-11-3-10-21-47-42(54)57-26-33-30-14-6-4-12-28(30)29-13-5-7-15-31(29)33/h4-9,12-19,24-25,33-34H,3,10-11,20-23,26H2,1-2H3,(H,47,54)(H,49,52). The van der Waals surface area contributed by atoms with Crippen molar-refractivity contribution in [2.75, 3.05) is 38.8 Å². The van der Waals surface area contributed by atoms with Gasteiger partial charge in [0.2, 0.25) is 0 Å². The molecule has 0 bridgehead atoms. The van der Waals surface area contributed by atoms with Crippen LogP contribution in [0.4, 0.5) is 23.7 Å². The summed E-state index contributed by atoms with van der Waals surface area (Å²) >= 11 is 0. The van der Waals surface area contributed by atoms with Crippen LogP contribution in [0.3, 0.4) is 0 Å². The van der Waals surface area contributed by atoms with Crippen LogP contribution in [0, 0.1) is 0 Å². The number of methoxy groups -OCH3 is 2. The van der Waals surface area contributed by atoms with Crippen molar-refractivity contribution in [1.29, 1.82) is 0 Å². The molecule has 1 aliphatic heterocycles. The average molecular weight is 798 g/mol. The molecule has 0 radical (unpaired) electrons. The number of hydrogen-bond donors (Lipinski definition) is 2. The zero-order valence-electron chi connectivity index (χ0n) is 31.9. The minimum absolute atomic E-state index is 0.0417. The van der Waals surface area contributed by atoms with Gasteiger partial charge in [-0.3, -0.25) is 14.3 Å². The van der Waals surface area contributed by atoms with Crippen LogP contribution >= 0.6 is 0 Å². The summed E-state index contributed by atoms with van der Waals surface area (Å²) in [5.74, 6) is -0.956. The Hall–Kier alpha value is -6.51. The van der Waals surface area contributed by atoms with Gasteiger partial charge in [-0.15, -0.1) is 13.2 Å². The molecule has 0 spiro atoms. The molecule has 1 aromatic heterocycles. The summed E-state index contributed by atoms with van der Waals surface area (Å²) in [5.41, 5.74) is 5.59. The molecule has 12 nitrogen and oxygen atoms in total. The fourth-order valence-corrected chi connectivity index (χ4v) is 7.63. The summed E-state index contributed by atoms with van der Waals surface area (Å²) in [6.45, 7) is 1.19. The number of ether oxygens (including phenoxy) is 4. The summed E-state index contributed by atoms with van der Waals surface area (Å²) in [5, 5.41) is 10.3. The van der Waals surface area contributed by atoms with Crippen LogP contribution in [0.15, 0.2) is 97.2 Å². The van der Waals surface area contributed by atoms with Gasteiger partial charge in [0.25, 0.3) is 11.8 Å². The van der Waals surface area contributed by atoms with E-state index in [2.05, 4.69) is 44.7 Å². The van der Waals surface area contributed by atoms with E-state index in [-0.39, 0.29) is 37.0 Å². The van der Waals surface area contributed by atoms with Gasteiger partial charge in [-0.25, -0.2) is 4.79 Å². The van der Waals surface area contributed by atoms with E-state index >= 15 is 0 Å². The van der Waals surface area contributed by atoms with Crippen molar-refractivity contribution >= 4 is 23.6 Å². The molecule has 0 fully saturated rings. The fraction of sp³-hybridized carbons (Fsp3) is 0.302. The molecule has 1 unspecified atom stereocenters. The number of aryl methyl sites for hydroxylation is 1. The summed E-state index contributed by atoms with van der Waals surface area (Å²) < 4.78 is 61.7. The normalized spacial score (nSPS) is 14.5. The molecule has 4 aromatic carbocycles. The first-order valence-electron chi connectivity index (χ1n) is 18.9. The number of fused-ring (bicyclic) bond motifs is 4. The second-order valence-electron chi connectivity index (χ2n) is 13.8. The topological polar surface area (TPSA) is 133 Å². The van der Waals surface area contributed by atoms with E-state index < -0.39 is 30.2 Å². The number of nitrogens with one attached hydrogen (secondary N) is 2. The molecule has 2 heterocycles. The van der Waals surface area contributed by atoms with Crippen LogP contribution < -0.4 is 29.7 Å². The fourth-order valence-electron chi connectivity index (χ4n) is 7.63. The van der Waals surface area contributed by atoms with Gasteiger partial charge in [-0.05, 0) is 78.3 Å². The lowest BCUT2D eigenvalue weighted by Gasteiger charge is -2.33. The number of hydrogen-bond acceptors (Lipinski definition) is 8. The SMILES string of the molecule is COc1ccc(C(=O)N2CCC(NC(=O)c3ccccc3OC(F)(F)F)c3c2cnn3CCCCCNC(=O)OCC2c3ccccc3-c3ccccc32)cc1OC. The largest absolute Gasteiger partial charge is 0.573 e. The Bertz CT molecular complexity index is 2250. The Morgan fingerprint density at radius 2 is 1.52 bits per heavy atom. The number of carbonyl (C=O) groups is 3. The number of rotatable bonds is 14. The smallest absolute Gasteiger partial charge is 0.493 e. The first-order chi connectivity index (χ1) is 28.1. The average Bonchev–Trinajstić information content (AvgIpc) is 3.80. The van der Waals surface area contributed by atoms with E-state index in [9.17, 15) is 27.6 Å². The molecule has 0 saturated carbocycles. The number of carbonyl (C=O) groups excluding carboxylic acids is 3. The molecule has 302 valence electrons. The molecule has 1 aliphatic carbocycles. The third-order valence-electron chi connectivity index (χ3n) is 10.3. The van der Waals surface area contributed by atoms with Crippen LogP contribution in [0.5, 0.6) is 17.2 Å². The third-order valence-corrected chi connectivity index (χ3v) is 10.3. The predicted octanol–water partition coefficient (Wildman–Crippen LogP) is 8.03. The Morgan fingerprint density at radius 1 is 0.828 bits per heavy atom. The molecular formula is C43H42F3N5O7. The van der Waals surface area contributed by atoms with E-state index in [1.165, 1.54) is 32.4 Å². The highest BCUT2D eigenvalue weighted by Crippen LogP contribution is 2.44. The lowest BCUT2D eigenvalue weighted by molar-refractivity contribution is -0.274. The number of aromatic nitrogens is 2. The molecule has 58 heavy (non-hydrogen) atoms. The van der Waals surface area contributed by atoms with Crippen molar-refractivity contribution in [2.24, 2.45) is 0 Å². The quantitative estimate of drug-likeness (QED) is 0.108. The van der Waals surface area contributed by atoms with Crippen molar-refractivity contribution in [1.82, 2.24) is 20.4 Å². The van der Waals surface area contributed by atoms with E-state index in [1.807, 2.05) is 24.3 Å². The van der Waals surface area contributed by atoms with Gasteiger partial charge in [-0.2, -0.15) is 5.10 Å². The monoisotopic (exact) mass is 797 g/mol. The van der Waals surface area contributed by atoms with Crippen LogP contribution in [-0.2, 0) is 11.3 Å². The van der Waals surface area contributed by atoms with Gasteiger partial charge in [0.1, 0.15) is 12.4 Å². The van der Waals surface area contributed by atoms with Crippen LogP contribution in [-0.4, -0.2) is 68.0 Å². The van der Waals surface area contributed by atoms with Gasteiger partial charge in [-0.1, -0.05) is 60.7 Å². The maximum Gasteiger partial charge on any atom is 0.573 e. The van der Waals surface area contributed by atoms with Crippen LogP contribution in [0.1, 0.15) is 75.2 Å². The second kappa shape index (κ2) is 17.3. The maximum atomic E-state index is 13.9. The number of amides is 3. The molecule has 5 aromatic rings. The first kappa shape index (κ1) is 39.7. The maximum absolute atomic E-state index is 13.9. The van der Waals surface area contributed by atoms with Crippen molar-refractivity contribution in [3.8, 4) is 28.4 Å². The Balaban J connectivity index is 0.996. The van der Waals surface area contributed by atoms with Gasteiger partial charge in [0, 0.05) is 31.1 Å². The number of anilines is 1. The third kappa shape index (κ3) is 8.58. The number of alkyl halides is 3. The lowest BCUT2D eigenvalue weighted by atomic mass is 9.98. The summed E-state index contributed by atoms with van der Waals surface area (Å²) in [6.07, 6.45) is -1.72. The van der Waals surface area contributed by atoms with Gasteiger partial charge in [0.15, 0.2) is 11.5 Å². The van der Waals surface area contributed by atoms with Crippen molar-refractivity contribution in [3.63, 3.8) is 0 Å². The number of para-hydroxylation sites is 1. The Morgan fingerprint density at radius 3 is 2.22 bits per heavy atom. The summed E-state index contributed by atoms with van der Waals surface area (Å²) in [4.78, 5) is 41.7. The number of benzene rings is 4. The molecule has 7 rings (SSSR count). The van der Waals surface area contributed by atoms with Crippen LogP contribution in [0.2, 0.25) is 0 Å². The van der Waals surface area contributed by atoms with Crippen LogP contribution in [0.25, 0.3) is 11.1 Å². The molecule has 0 saturated heterocycles. The highest BCUT2D eigenvalue weighted by Gasteiger charge is 2.36. The number of unbranched alkanes of at least 4 members (excludes halogenated alkanes) is 2. The minimum Gasteiger partial charge on any atom is -0.493 e. The number of nitrogens with zero attached hydrogens (tertiary/aromatic N) is 3. The number of alkyl carbamates (subject to hydrolysis) is 1. The van der Waals surface area contributed by atoms with Crippen molar-refractivity contribution in [3.05, 3.63) is 125 Å². The molecule has 3 amide bonds. The predicted molar refractivity (Wildman–Crippen MR) is 208 cm³/mol. The Kier molecular flexibility index (Phi) is 11.9. The van der Waals surface area contributed by atoms with Crippen molar-refractivity contribution < 1.29 is 46.5 Å². The Labute approximate surface area is 332 Å². The minimum atomic E-state index is -5.00. The summed E-state index contributed by atoms with van der Waals surface area (Å²) in [6, 6.07) is 25.5. The zero-order chi connectivity index (χ0) is 40.8. The molecule has 2 N–H and O–H groups in total. The van der Waals surface area contributed by atoms with Gasteiger partial charge < -0.3 is 34.5 Å². The first-order valence-corrected chi connectivity index (χ1v) is 18.9. The highest BCUT2D eigenvalue weighted by molar-refractivity contribution is 6.07. The van der Waals surface area contributed by atoms with E-state index in [1.54, 1.807) is 34.0 Å². The molecule has 1 atom stereocenters. The zero-order valence-corrected chi connectivity index (χ0v) is 31.9. The lowest BCUT2D eigenvalue weighted by Crippen LogP contribution is -2.41. The van der Waals surface area contributed by atoms with Gasteiger partial charge in [0.05, 0.1) is 43.4 Å². The van der Waals surface area contributed by atoms with Crippen molar-refractivity contribution in [2.45, 2.75) is 50.6 Å².